The average Bonchev–Trinajstić information content (AvgIpc) is 3.05. The molecule has 0 bridgehead atoms. The minimum absolute atomic E-state index is 0.125. The summed E-state index contributed by atoms with van der Waals surface area (Å²) >= 11 is 0. The van der Waals surface area contributed by atoms with Crippen molar-refractivity contribution in [1.82, 2.24) is 9.80 Å². The van der Waals surface area contributed by atoms with E-state index in [0.717, 1.165) is 30.6 Å². The molecule has 0 aromatic heterocycles. The number of hydrogen-bond acceptors (Lipinski definition) is 5. The first-order valence-corrected chi connectivity index (χ1v) is 10.3. The zero-order chi connectivity index (χ0) is 21.0. The normalized spacial score (nSPS) is 20.6. The Bertz CT molecular complexity index is 722. The number of amides is 2. The van der Waals surface area contributed by atoms with Gasteiger partial charge in [0.05, 0.1) is 13.2 Å². The number of nitrogens with zero attached hydrogens (tertiary/aromatic N) is 2. The van der Waals surface area contributed by atoms with E-state index in [2.05, 4.69) is 0 Å². The van der Waals surface area contributed by atoms with Gasteiger partial charge in [0.15, 0.2) is 0 Å². The lowest BCUT2D eigenvalue weighted by molar-refractivity contribution is 0.0179. The summed E-state index contributed by atoms with van der Waals surface area (Å²) in [5.41, 5.74) is 0.498. The third-order valence-electron chi connectivity index (χ3n) is 5.52. The number of para-hydroxylation sites is 1. The molecule has 1 atom stereocenters. The molecule has 2 heterocycles. The Hall–Kier alpha value is -2.44. The fourth-order valence-corrected chi connectivity index (χ4v) is 3.95. The van der Waals surface area contributed by atoms with E-state index in [1.54, 1.807) is 16.9 Å². The molecule has 7 heteroatoms. The fourth-order valence-electron chi connectivity index (χ4n) is 3.95. The van der Waals surface area contributed by atoms with Crippen LogP contribution in [0.4, 0.5) is 9.59 Å². The van der Waals surface area contributed by atoms with Gasteiger partial charge in [-0.1, -0.05) is 18.2 Å². The van der Waals surface area contributed by atoms with Crippen LogP contribution in [0.15, 0.2) is 24.3 Å². The van der Waals surface area contributed by atoms with Gasteiger partial charge in [-0.3, -0.25) is 4.90 Å². The molecule has 2 aliphatic rings. The minimum Gasteiger partial charge on any atom is -0.496 e. The molecule has 2 fully saturated rings. The fraction of sp³-hybridized carbons (Fsp3) is 0.636. The summed E-state index contributed by atoms with van der Waals surface area (Å²) < 4.78 is 16.2. The summed E-state index contributed by atoms with van der Waals surface area (Å²) in [6, 6.07) is 7.63. The summed E-state index contributed by atoms with van der Waals surface area (Å²) in [5.74, 6) is 1.24. The molecule has 160 valence electrons. The Morgan fingerprint density at radius 2 is 1.90 bits per heavy atom. The van der Waals surface area contributed by atoms with E-state index in [1.165, 1.54) is 0 Å². The lowest BCUT2D eigenvalue weighted by Gasteiger charge is -2.34. The second-order valence-corrected chi connectivity index (χ2v) is 8.73. The van der Waals surface area contributed by atoms with Crippen LogP contribution in [0, 0.1) is 5.92 Å². The maximum absolute atomic E-state index is 12.3. The van der Waals surface area contributed by atoms with Crippen molar-refractivity contribution < 1.29 is 23.8 Å². The average molecular weight is 405 g/mol. The molecule has 1 aromatic rings. The smallest absolute Gasteiger partial charge is 0.410 e. The predicted molar refractivity (Wildman–Crippen MR) is 109 cm³/mol. The van der Waals surface area contributed by atoms with Crippen molar-refractivity contribution in [1.29, 1.82) is 0 Å². The van der Waals surface area contributed by atoms with Crippen molar-refractivity contribution >= 4 is 12.2 Å². The molecule has 0 N–H and O–H groups in total. The van der Waals surface area contributed by atoms with E-state index in [0.29, 0.717) is 32.2 Å². The summed E-state index contributed by atoms with van der Waals surface area (Å²) in [6.45, 7) is 8.01. The van der Waals surface area contributed by atoms with Crippen LogP contribution in [0.2, 0.25) is 0 Å². The molecular weight excluding hydrogens is 372 g/mol. The SMILES string of the molecule is COc1ccccc1C1COC(=O)N1CCC1CCN(C(=O)OC(C)(C)C)CC1. The molecule has 1 unspecified atom stereocenters. The molecule has 0 aliphatic carbocycles. The maximum atomic E-state index is 12.3. The Kier molecular flexibility index (Phi) is 6.55. The number of carbonyl (C=O) groups excluding carboxylic acids is 2. The predicted octanol–water partition coefficient (Wildman–Crippen LogP) is 4.23. The molecule has 2 amide bonds. The highest BCUT2D eigenvalue weighted by Crippen LogP contribution is 2.34. The van der Waals surface area contributed by atoms with Crippen LogP contribution in [-0.4, -0.2) is 60.9 Å². The van der Waals surface area contributed by atoms with Gasteiger partial charge in [0.25, 0.3) is 0 Å². The van der Waals surface area contributed by atoms with Crippen molar-refractivity contribution in [3.8, 4) is 5.75 Å². The van der Waals surface area contributed by atoms with Crippen molar-refractivity contribution in [2.24, 2.45) is 5.92 Å². The van der Waals surface area contributed by atoms with E-state index >= 15 is 0 Å². The quantitative estimate of drug-likeness (QED) is 0.735. The minimum atomic E-state index is -0.475. The summed E-state index contributed by atoms with van der Waals surface area (Å²) in [4.78, 5) is 28.1. The molecule has 1 aromatic carbocycles. The summed E-state index contributed by atoms with van der Waals surface area (Å²) in [7, 11) is 1.64. The van der Waals surface area contributed by atoms with Crippen LogP contribution in [0.3, 0.4) is 0 Å². The van der Waals surface area contributed by atoms with Gasteiger partial charge in [-0.2, -0.15) is 0 Å². The lowest BCUT2D eigenvalue weighted by Crippen LogP contribution is -2.42. The first-order valence-electron chi connectivity index (χ1n) is 10.3. The number of methoxy groups -OCH3 is 1. The summed E-state index contributed by atoms with van der Waals surface area (Å²) in [5, 5.41) is 0. The van der Waals surface area contributed by atoms with Gasteiger partial charge in [0.2, 0.25) is 0 Å². The number of benzene rings is 1. The Morgan fingerprint density at radius 1 is 1.21 bits per heavy atom. The van der Waals surface area contributed by atoms with Gasteiger partial charge < -0.3 is 19.1 Å². The molecule has 7 nitrogen and oxygen atoms in total. The molecule has 3 rings (SSSR count). The number of piperidine rings is 1. The van der Waals surface area contributed by atoms with Gasteiger partial charge in [-0.15, -0.1) is 0 Å². The van der Waals surface area contributed by atoms with E-state index in [1.807, 2.05) is 45.0 Å². The number of cyclic esters (lactones) is 1. The third-order valence-corrected chi connectivity index (χ3v) is 5.52. The standard InChI is InChI=1S/C22H32N2O5/c1-22(2,3)29-20(25)23-12-9-16(10-13-23)11-14-24-18(15-28-21(24)26)17-7-5-6-8-19(17)27-4/h5-8,16,18H,9-15H2,1-4H3. The van der Waals surface area contributed by atoms with Crippen molar-refractivity contribution in [3.05, 3.63) is 29.8 Å². The third kappa shape index (κ3) is 5.34. The highest BCUT2D eigenvalue weighted by atomic mass is 16.6. The number of carbonyl (C=O) groups is 2. The second kappa shape index (κ2) is 8.93. The van der Waals surface area contributed by atoms with Crippen molar-refractivity contribution in [3.63, 3.8) is 0 Å². The van der Waals surface area contributed by atoms with Crippen molar-refractivity contribution in [2.45, 2.75) is 51.7 Å². The van der Waals surface area contributed by atoms with Crippen LogP contribution in [0.5, 0.6) is 5.75 Å². The van der Waals surface area contributed by atoms with Crippen LogP contribution >= 0.6 is 0 Å². The molecule has 2 saturated heterocycles. The van der Waals surface area contributed by atoms with Gasteiger partial charge >= 0.3 is 12.2 Å². The number of ether oxygens (including phenoxy) is 3. The molecule has 2 aliphatic heterocycles. The molecule has 0 spiro atoms. The van der Waals surface area contributed by atoms with Crippen molar-refractivity contribution in [2.75, 3.05) is 33.4 Å². The van der Waals surface area contributed by atoms with Crippen LogP contribution in [0.25, 0.3) is 0 Å². The first kappa shape index (κ1) is 21.3. The molecule has 0 radical (unpaired) electrons. The largest absolute Gasteiger partial charge is 0.496 e. The molecular formula is C22H32N2O5. The summed E-state index contributed by atoms with van der Waals surface area (Å²) in [6.07, 6.45) is 2.22. The van der Waals surface area contributed by atoms with Crippen LogP contribution in [0.1, 0.15) is 51.6 Å². The topological polar surface area (TPSA) is 68.3 Å². The zero-order valence-corrected chi connectivity index (χ0v) is 17.8. The van der Waals surface area contributed by atoms with Crippen LogP contribution < -0.4 is 4.74 Å². The van der Waals surface area contributed by atoms with Gasteiger partial charge in [0, 0.05) is 25.2 Å². The Morgan fingerprint density at radius 3 is 2.55 bits per heavy atom. The molecule has 29 heavy (non-hydrogen) atoms. The molecule has 0 saturated carbocycles. The number of rotatable bonds is 5. The highest BCUT2D eigenvalue weighted by Gasteiger charge is 2.36. The lowest BCUT2D eigenvalue weighted by atomic mass is 9.93. The van der Waals surface area contributed by atoms with Crippen LogP contribution in [-0.2, 0) is 9.47 Å². The maximum Gasteiger partial charge on any atom is 0.410 e. The van der Waals surface area contributed by atoms with Gasteiger partial charge in [-0.25, -0.2) is 9.59 Å². The van der Waals surface area contributed by atoms with Gasteiger partial charge in [0.1, 0.15) is 18.0 Å². The van der Waals surface area contributed by atoms with E-state index in [4.69, 9.17) is 14.2 Å². The zero-order valence-electron chi connectivity index (χ0n) is 17.8. The van der Waals surface area contributed by atoms with E-state index in [9.17, 15) is 9.59 Å². The Balaban J connectivity index is 1.53. The first-order chi connectivity index (χ1) is 13.8. The van der Waals surface area contributed by atoms with E-state index < -0.39 is 5.60 Å². The monoisotopic (exact) mass is 404 g/mol. The second-order valence-electron chi connectivity index (χ2n) is 8.73. The highest BCUT2D eigenvalue weighted by molar-refractivity contribution is 5.71. The number of likely N-dealkylation sites (tertiary alicyclic amines) is 1. The Labute approximate surface area is 172 Å². The van der Waals surface area contributed by atoms with Gasteiger partial charge in [-0.05, 0) is 52.0 Å². The number of hydrogen-bond donors (Lipinski definition) is 0. The van der Waals surface area contributed by atoms with E-state index in [-0.39, 0.29) is 18.2 Å².